The highest BCUT2D eigenvalue weighted by atomic mass is 79.9. The van der Waals surface area contributed by atoms with E-state index >= 15 is 0 Å². The van der Waals surface area contributed by atoms with Gasteiger partial charge in [0, 0.05) is 17.2 Å². The predicted molar refractivity (Wildman–Crippen MR) is 74.8 cm³/mol. The van der Waals surface area contributed by atoms with Crippen LogP contribution < -0.4 is 0 Å². The van der Waals surface area contributed by atoms with Crippen molar-refractivity contribution in [2.45, 2.75) is 57.8 Å². The Morgan fingerprint density at radius 1 is 0.833 bits per heavy atom. The van der Waals surface area contributed by atoms with Crippen LogP contribution in [0.5, 0.6) is 0 Å². The molecule has 0 aromatic heterocycles. The Bertz CT molecular complexity index is 233. The molecule has 3 nitrogen and oxygen atoms in total. The lowest BCUT2D eigenvalue weighted by atomic mass is 9.91. The van der Waals surface area contributed by atoms with E-state index in [4.69, 9.17) is 14.2 Å². The second-order valence-electron chi connectivity index (χ2n) is 5.92. The molecule has 4 heteroatoms. The zero-order valence-electron chi connectivity index (χ0n) is 11.4. The largest absolute Gasteiger partial charge is 0.327 e. The molecular formula is C14H25BrO3. The Hall–Kier alpha value is 0.360. The summed E-state index contributed by atoms with van der Waals surface area (Å²) in [6.07, 6.45) is 8.51. The molecule has 0 radical (unpaired) electrons. The van der Waals surface area contributed by atoms with Crippen LogP contribution >= 0.6 is 15.9 Å². The van der Waals surface area contributed by atoms with Crippen molar-refractivity contribution in [3.63, 3.8) is 0 Å². The minimum atomic E-state index is -0.701. The Labute approximate surface area is 119 Å². The molecule has 3 saturated heterocycles. The molecule has 106 valence electrons. The van der Waals surface area contributed by atoms with Gasteiger partial charge in [0.25, 0.3) is 5.97 Å². The van der Waals surface area contributed by atoms with E-state index in [1.54, 1.807) is 0 Å². The number of rotatable bonds is 8. The van der Waals surface area contributed by atoms with Gasteiger partial charge < -0.3 is 14.2 Å². The van der Waals surface area contributed by atoms with Gasteiger partial charge in [-0.2, -0.15) is 0 Å². The average Bonchev–Trinajstić information content (AvgIpc) is 2.40. The molecule has 0 atom stereocenters. The standard InChI is InChI=1S/C14H25BrO3/c1-13-10-16-14(17-11-13,18-12-13)8-6-4-2-3-5-7-9-15/h2-12H2,1H3. The molecule has 3 rings (SSSR count). The van der Waals surface area contributed by atoms with Crippen LogP contribution in [0.15, 0.2) is 0 Å². The number of alkyl halides is 1. The molecule has 3 aliphatic rings. The normalized spacial score (nSPS) is 35.0. The van der Waals surface area contributed by atoms with E-state index in [9.17, 15) is 0 Å². The highest BCUT2D eigenvalue weighted by Crippen LogP contribution is 2.40. The molecule has 18 heavy (non-hydrogen) atoms. The second-order valence-corrected chi connectivity index (χ2v) is 6.71. The molecule has 0 saturated carbocycles. The second kappa shape index (κ2) is 6.69. The molecule has 0 N–H and O–H groups in total. The van der Waals surface area contributed by atoms with Crippen LogP contribution in [0.2, 0.25) is 0 Å². The van der Waals surface area contributed by atoms with Crippen molar-refractivity contribution >= 4 is 15.9 Å². The summed E-state index contributed by atoms with van der Waals surface area (Å²) in [6, 6.07) is 0. The molecule has 0 spiro atoms. The summed E-state index contributed by atoms with van der Waals surface area (Å²) in [6.45, 7) is 4.48. The predicted octanol–water partition coefficient (Wildman–Crippen LogP) is 3.85. The molecule has 0 aromatic rings. The van der Waals surface area contributed by atoms with Gasteiger partial charge in [-0.3, -0.25) is 0 Å². The summed E-state index contributed by atoms with van der Waals surface area (Å²) < 4.78 is 17.3. The SMILES string of the molecule is CC12COC(CCCCCCCCBr)(OC1)OC2. The van der Waals surface area contributed by atoms with Crippen LogP contribution in [0.3, 0.4) is 0 Å². The van der Waals surface area contributed by atoms with Gasteiger partial charge >= 0.3 is 0 Å². The van der Waals surface area contributed by atoms with Crippen molar-refractivity contribution in [1.82, 2.24) is 0 Å². The number of hydrogen-bond donors (Lipinski definition) is 0. The smallest absolute Gasteiger partial charge is 0.282 e. The van der Waals surface area contributed by atoms with Gasteiger partial charge in [-0.1, -0.05) is 48.5 Å². The maximum absolute atomic E-state index is 5.76. The maximum Gasteiger partial charge on any atom is 0.282 e. The van der Waals surface area contributed by atoms with Crippen molar-refractivity contribution in [2.75, 3.05) is 25.2 Å². The van der Waals surface area contributed by atoms with Crippen LogP contribution in [0.1, 0.15) is 51.9 Å². The fraction of sp³-hybridized carbons (Fsp3) is 1.00. The first-order chi connectivity index (χ1) is 8.68. The van der Waals surface area contributed by atoms with E-state index in [-0.39, 0.29) is 5.41 Å². The quantitative estimate of drug-likeness (QED) is 0.502. The summed E-state index contributed by atoms with van der Waals surface area (Å²) in [5.74, 6) is -0.701. The zero-order chi connectivity index (χ0) is 12.9. The van der Waals surface area contributed by atoms with E-state index < -0.39 is 5.97 Å². The molecule has 3 aliphatic heterocycles. The van der Waals surface area contributed by atoms with Crippen molar-refractivity contribution in [1.29, 1.82) is 0 Å². The van der Waals surface area contributed by atoms with Crippen molar-refractivity contribution < 1.29 is 14.2 Å². The van der Waals surface area contributed by atoms with Crippen LogP contribution in [-0.4, -0.2) is 31.1 Å². The first kappa shape index (κ1) is 14.8. The minimum absolute atomic E-state index is 0.0808. The van der Waals surface area contributed by atoms with E-state index in [1.807, 2.05) is 0 Å². The maximum atomic E-state index is 5.76. The molecule has 3 fully saturated rings. The summed E-state index contributed by atoms with van der Waals surface area (Å²) in [5, 5.41) is 1.13. The molecule has 0 unspecified atom stereocenters. The van der Waals surface area contributed by atoms with Crippen LogP contribution in [-0.2, 0) is 14.2 Å². The third-order valence-corrected chi connectivity index (χ3v) is 4.35. The lowest BCUT2D eigenvalue weighted by Crippen LogP contribution is -2.58. The molecule has 0 aliphatic carbocycles. The Morgan fingerprint density at radius 2 is 1.33 bits per heavy atom. The molecule has 0 aromatic carbocycles. The average molecular weight is 321 g/mol. The Morgan fingerprint density at radius 3 is 1.89 bits per heavy atom. The van der Waals surface area contributed by atoms with Gasteiger partial charge in [-0.05, 0) is 12.8 Å². The molecule has 0 amide bonds. The van der Waals surface area contributed by atoms with Gasteiger partial charge in [-0.25, -0.2) is 0 Å². The van der Waals surface area contributed by atoms with Crippen molar-refractivity contribution in [3.05, 3.63) is 0 Å². The third-order valence-electron chi connectivity index (χ3n) is 3.79. The van der Waals surface area contributed by atoms with E-state index in [1.165, 1.54) is 32.1 Å². The summed E-state index contributed by atoms with van der Waals surface area (Å²) in [4.78, 5) is 0. The summed E-state index contributed by atoms with van der Waals surface area (Å²) in [5.41, 5.74) is 0.0808. The van der Waals surface area contributed by atoms with Crippen LogP contribution in [0.25, 0.3) is 0 Å². The van der Waals surface area contributed by atoms with Crippen LogP contribution in [0, 0.1) is 5.41 Å². The Balaban J connectivity index is 1.57. The molecule has 2 bridgehead atoms. The monoisotopic (exact) mass is 320 g/mol. The minimum Gasteiger partial charge on any atom is -0.327 e. The highest BCUT2D eigenvalue weighted by molar-refractivity contribution is 9.09. The van der Waals surface area contributed by atoms with Gasteiger partial charge in [0.2, 0.25) is 0 Å². The third kappa shape index (κ3) is 3.92. The van der Waals surface area contributed by atoms with Gasteiger partial charge in [-0.15, -0.1) is 0 Å². The lowest BCUT2D eigenvalue weighted by molar-refractivity contribution is -0.467. The van der Waals surface area contributed by atoms with E-state index in [0.717, 1.165) is 38.0 Å². The lowest BCUT2D eigenvalue weighted by Gasteiger charge is -2.50. The molecule has 3 heterocycles. The van der Waals surface area contributed by atoms with E-state index in [0.29, 0.717) is 0 Å². The Kier molecular flexibility index (Phi) is 5.48. The zero-order valence-corrected chi connectivity index (χ0v) is 13.0. The van der Waals surface area contributed by atoms with Crippen molar-refractivity contribution in [3.8, 4) is 0 Å². The number of fused-ring (bicyclic) bond motifs is 3. The number of halogens is 1. The first-order valence-corrected chi connectivity index (χ1v) is 8.28. The highest BCUT2D eigenvalue weighted by Gasteiger charge is 2.49. The van der Waals surface area contributed by atoms with Gasteiger partial charge in [0.15, 0.2) is 0 Å². The first-order valence-electron chi connectivity index (χ1n) is 7.16. The van der Waals surface area contributed by atoms with Crippen molar-refractivity contribution in [2.24, 2.45) is 5.41 Å². The topological polar surface area (TPSA) is 27.7 Å². The number of ether oxygens (including phenoxy) is 3. The van der Waals surface area contributed by atoms with Gasteiger partial charge in [0.05, 0.1) is 19.8 Å². The summed E-state index contributed by atoms with van der Waals surface area (Å²) in [7, 11) is 0. The number of unbranched alkanes of at least 4 members (excludes halogenated alkanes) is 5. The van der Waals surface area contributed by atoms with E-state index in [2.05, 4.69) is 22.9 Å². The number of hydrogen-bond acceptors (Lipinski definition) is 3. The van der Waals surface area contributed by atoms with Gasteiger partial charge in [0.1, 0.15) is 0 Å². The summed E-state index contributed by atoms with van der Waals surface area (Å²) >= 11 is 3.46. The molecular weight excluding hydrogens is 296 g/mol. The van der Waals surface area contributed by atoms with Crippen LogP contribution in [0.4, 0.5) is 0 Å². The fourth-order valence-corrected chi connectivity index (χ4v) is 2.86. The fourth-order valence-electron chi connectivity index (χ4n) is 2.46.